The molecule has 0 bridgehead atoms. The minimum atomic E-state index is -0.746. The summed E-state index contributed by atoms with van der Waals surface area (Å²) in [5, 5.41) is 4.36. The third-order valence-electron chi connectivity index (χ3n) is 5.21. The lowest BCUT2D eigenvalue weighted by molar-refractivity contribution is -0.147. The average Bonchev–Trinajstić information content (AvgIpc) is 3.58. The molecule has 2 aromatic rings. The highest BCUT2D eigenvalue weighted by Crippen LogP contribution is 2.41. The first-order chi connectivity index (χ1) is 14.1. The number of benzene rings is 2. The number of hydrogen-bond acceptors (Lipinski definition) is 6. The summed E-state index contributed by atoms with van der Waals surface area (Å²) >= 11 is 0. The van der Waals surface area contributed by atoms with Crippen LogP contribution in [0.5, 0.6) is 0 Å². The summed E-state index contributed by atoms with van der Waals surface area (Å²) < 4.78 is 4.91. The lowest BCUT2D eigenvalue weighted by atomic mass is 9.97. The van der Waals surface area contributed by atoms with Crippen LogP contribution in [-0.2, 0) is 25.8 Å². The molecule has 0 radical (unpaired) electrons. The Labute approximate surface area is 171 Å². The molecule has 0 aromatic heterocycles. The Morgan fingerprint density at radius 1 is 1.17 bits per heavy atom. The van der Waals surface area contributed by atoms with Gasteiger partial charge in [0.25, 0.3) is 0 Å². The highest BCUT2D eigenvalue weighted by molar-refractivity contribution is 5.99. The Morgan fingerprint density at radius 3 is 2.62 bits per heavy atom. The Balaban J connectivity index is 1.80. The minimum Gasteiger partial charge on any atom is -0.468 e. The van der Waals surface area contributed by atoms with E-state index in [1.165, 1.54) is 32.6 Å². The molecule has 0 amide bonds. The molecular weight excluding hydrogens is 368 g/mol. The van der Waals surface area contributed by atoms with Gasteiger partial charge in [0.05, 0.1) is 19.9 Å². The second-order valence-electron chi connectivity index (χ2n) is 7.23. The van der Waals surface area contributed by atoms with Gasteiger partial charge in [-0.15, -0.1) is 0 Å². The zero-order chi connectivity index (χ0) is 20.8. The first-order valence-corrected chi connectivity index (χ1v) is 9.77. The Hall–Kier alpha value is -2.70. The van der Waals surface area contributed by atoms with E-state index in [1.54, 1.807) is 0 Å². The Bertz CT molecular complexity index is 890. The molecule has 6 heteroatoms. The second kappa shape index (κ2) is 9.67. The van der Waals surface area contributed by atoms with Gasteiger partial charge in [-0.05, 0) is 49.3 Å². The number of oxime groups is 1. The largest absolute Gasteiger partial charge is 0.468 e. The summed E-state index contributed by atoms with van der Waals surface area (Å²) in [5.74, 6) is 0.206. The molecule has 1 saturated carbocycles. The molecule has 0 heterocycles. The van der Waals surface area contributed by atoms with Crippen molar-refractivity contribution < 1.29 is 19.2 Å². The van der Waals surface area contributed by atoms with E-state index in [4.69, 9.17) is 14.4 Å². The highest BCUT2D eigenvalue weighted by Gasteiger charge is 2.27. The van der Waals surface area contributed by atoms with Crippen LogP contribution in [-0.4, -0.2) is 25.9 Å². The normalized spacial score (nSPS) is 15.1. The molecule has 1 fully saturated rings. The van der Waals surface area contributed by atoms with Crippen LogP contribution in [0, 0.1) is 6.92 Å². The van der Waals surface area contributed by atoms with E-state index in [0.29, 0.717) is 5.92 Å². The number of nitrogens with one attached hydrogen (secondary N) is 1. The fourth-order valence-electron chi connectivity index (χ4n) is 3.49. The van der Waals surface area contributed by atoms with Crippen molar-refractivity contribution in [2.24, 2.45) is 5.16 Å². The van der Waals surface area contributed by atoms with Crippen LogP contribution < -0.4 is 5.48 Å². The van der Waals surface area contributed by atoms with Crippen LogP contribution in [0.25, 0.3) is 0 Å². The van der Waals surface area contributed by atoms with E-state index in [1.807, 2.05) is 38.1 Å². The SMILES string of the molecule is CONC(C(=O)OC)c1cccc(C)c1CO/N=C(\C)c1ccccc1C1CC1. The molecule has 0 spiro atoms. The maximum Gasteiger partial charge on any atom is 0.329 e. The molecule has 154 valence electrons. The summed E-state index contributed by atoms with van der Waals surface area (Å²) in [4.78, 5) is 22.9. The number of nitrogens with zero attached hydrogens (tertiary/aromatic N) is 1. The van der Waals surface area contributed by atoms with E-state index in [9.17, 15) is 4.79 Å². The first-order valence-electron chi connectivity index (χ1n) is 9.77. The smallest absolute Gasteiger partial charge is 0.329 e. The lowest BCUT2D eigenvalue weighted by Gasteiger charge is -2.19. The van der Waals surface area contributed by atoms with Crippen LogP contribution >= 0.6 is 0 Å². The monoisotopic (exact) mass is 396 g/mol. The number of hydroxylamine groups is 1. The van der Waals surface area contributed by atoms with Gasteiger partial charge in [0, 0.05) is 11.1 Å². The van der Waals surface area contributed by atoms with Gasteiger partial charge in [0.15, 0.2) is 6.04 Å². The number of aryl methyl sites for hydroxylation is 1. The van der Waals surface area contributed by atoms with Gasteiger partial charge in [-0.1, -0.05) is 47.6 Å². The predicted molar refractivity (Wildman–Crippen MR) is 111 cm³/mol. The number of carbonyl (C=O) groups excluding carboxylic acids is 1. The third kappa shape index (κ3) is 5.02. The molecule has 6 nitrogen and oxygen atoms in total. The number of ether oxygens (including phenoxy) is 1. The van der Waals surface area contributed by atoms with Crippen molar-refractivity contribution in [1.29, 1.82) is 0 Å². The molecular formula is C23H28N2O4. The van der Waals surface area contributed by atoms with E-state index < -0.39 is 12.0 Å². The van der Waals surface area contributed by atoms with Crippen LogP contribution in [0.15, 0.2) is 47.6 Å². The van der Waals surface area contributed by atoms with Gasteiger partial charge in [0.1, 0.15) is 6.61 Å². The number of esters is 1. The molecule has 3 rings (SSSR count). The molecule has 0 saturated heterocycles. The van der Waals surface area contributed by atoms with Crippen molar-refractivity contribution in [2.45, 2.75) is 45.3 Å². The van der Waals surface area contributed by atoms with Crippen LogP contribution in [0.2, 0.25) is 0 Å². The molecule has 1 aliphatic carbocycles. The molecule has 29 heavy (non-hydrogen) atoms. The summed E-state index contributed by atoms with van der Waals surface area (Å²) in [6.45, 7) is 4.18. The Kier molecular flexibility index (Phi) is 7.01. The zero-order valence-electron chi connectivity index (χ0n) is 17.4. The number of methoxy groups -OCH3 is 1. The van der Waals surface area contributed by atoms with Gasteiger partial charge in [0.2, 0.25) is 0 Å². The quantitative estimate of drug-likeness (QED) is 0.391. The lowest BCUT2D eigenvalue weighted by Crippen LogP contribution is -2.30. The molecule has 0 aliphatic heterocycles. The van der Waals surface area contributed by atoms with Gasteiger partial charge in [-0.25, -0.2) is 4.79 Å². The maximum absolute atomic E-state index is 12.2. The zero-order valence-corrected chi connectivity index (χ0v) is 17.4. The Morgan fingerprint density at radius 2 is 1.93 bits per heavy atom. The number of hydrogen-bond donors (Lipinski definition) is 1. The molecule has 1 atom stereocenters. The van der Waals surface area contributed by atoms with Crippen molar-refractivity contribution in [3.05, 3.63) is 70.3 Å². The van der Waals surface area contributed by atoms with Crippen molar-refractivity contribution in [2.75, 3.05) is 14.2 Å². The van der Waals surface area contributed by atoms with Crippen LogP contribution in [0.4, 0.5) is 0 Å². The summed E-state index contributed by atoms with van der Waals surface area (Å²) in [5.41, 5.74) is 8.64. The van der Waals surface area contributed by atoms with Gasteiger partial charge < -0.3 is 14.4 Å². The summed E-state index contributed by atoms with van der Waals surface area (Å²) in [7, 11) is 2.82. The molecule has 1 unspecified atom stereocenters. The van der Waals surface area contributed by atoms with Crippen molar-refractivity contribution in [1.82, 2.24) is 5.48 Å². The highest BCUT2D eigenvalue weighted by atomic mass is 16.6. The topological polar surface area (TPSA) is 69.2 Å². The van der Waals surface area contributed by atoms with Gasteiger partial charge >= 0.3 is 5.97 Å². The predicted octanol–water partition coefficient (Wildman–Crippen LogP) is 4.18. The summed E-state index contributed by atoms with van der Waals surface area (Å²) in [6.07, 6.45) is 2.47. The van der Waals surface area contributed by atoms with E-state index in [0.717, 1.165) is 28.0 Å². The van der Waals surface area contributed by atoms with E-state index in [-0.39, 0.29) is 6.61 Å². The molecule has 1 N–H and O–H groups in total. The fraction of sp³-hybridized carbons (Fsp3) is 0.391. The van der Waals surface area contributed by atoms with Crippen molar-refractivity contribution in [3.63, 3.8) is 0 Å². The van der Waals surface area contributed by atoms with E-state index in [2.05, 4.69) is 28.8 Å². The average molecular weight is 396 g/mol. The molecule has 1 aliphatic rings. The van der Waals surface area contributed by atoms with Crippen LogP contribution in [0.3, 0.4) is 0 Å². The maximum atomic E-state index is 12.2. The van der Waals surface area contributed by atoms with Crippen LogP contribution in [0.1, 0.15) is 59.5 Å². The van der Waals surface area contributed by atoms with Crippen molar-refractivity contribution >= 4 is 11.7 Å². The number of rotatable bonds is 9. The summed E-state index contributed by atoms with van der Waals surface area (Å²) in [6, 6.07) is 13.3. The van der Waals surface area contributed by atoms with Gasteiger partial charge in [-0.3, -0.25) is 0 Å². The first kappa shape index (κ1) is 21.0. The third-order valence-corrected chi connectivity index (χ3v) is 5.21. The van der Waals surface area contributed by atoms with E-state index >= 15 is 0 Å². The number of carbonyl (C=O) groups is 1. The van der Waals surface area contributed by atoms with Gasteiger partial charge in [-0.2, -0.15) is 5.48 Å². The molecule has 2 aromatic carbocycles. The fourth-order valence-corrected chi connectivity index (χ4v) is 3.49. The second-order valence-corrected chi connectivity index (χ2v) is 7.23. The van der Waals surface area contributed by atoms with Crippen molar-refractivity contribution in [3.8, 4) is 0 Å². The standard InChI is InChI=1S/C23H28N2O4/c1-15-8-7-11-20(22(25-28-4)23(26)27-3)21(15)14-29-24-16(2)18-9-5-6-10-19(18)17-12-13-17/h5-11,17,22,25H,12-14H2,1-4H3/b24-16+. The minimum absolute atomic E-state index is 0.240.